The van der Waals surface area contributed by atoms with Crippen LogP contribution in [0.25, 0.3) is 0 Å². The smallest absolute Gasteiger partial charge is 0.408 e. The maximum absolute atomic E-state index is 13.3. The van der Waals surface area contributed by atoms with Crippen molar-refractivity contribution in [3.63, 3.8) is 0 Å². The first-order valence-corrected chi connectivity index (χ1v) is 10.4. The summed E-state index contributed by atoms with van der Waals surface area (Å²) in [6.45, 7) is 10.8. The number of alkyl carbamates (subject to hydrolysis) is 1. The minimum Gasteiger partial charge on any atom is -0.467 e. The molecule has 3 atom stereocenters. The number of nitrogens with one attached hydrogen (secondary N) is 1. The van der Waals surface area contributed by atoms with E-state index >= 15 is 0 Å². The third-order valence-electron chi connectivity index (χ3n) is 4.60. The summed E-state index contributed by atoms with van der Waals surface area (Å²) in [4.78, 5) is 39.3. The van der Waals surface area contributed by atoms with Gasteiger partial charge in [0.2, 0.25) is 5.91 Å². The van der Waals surface area contributed by atoms with E-state index in [9.17, 15) is 14.4 Å². The lowest BCUT2D eigenvalue weighted by atomic mass is 10.0. The average molecular weight is 437 g/mol. The molecule has 0 aliphatic rings. The largest absolute Gasteiger partial charge is 0.467 e. The highest BCUT2D eigenvalue weighted by Gasteiger charge is 2.38. The fraction of sp³-hybridized carbons (Fsp3) is 0.609. The van der Waals surface area contributed by atoms with E-state index in [1.807, 2.05) is 44.2 Å². The highest BCUT2D eigenvalue weighted by atomic mass is 16.6. The molecular weight excluding hydrogens is 400 g/mol. The second-order valence-electron chi connectivity index (χ2n) is 8.79. The van der Waals surface area contributed by atoms with E-state index in [4.69, 9.17) is 14.2 Å². The molecule has 8 heteroatoms. The summed E-state index contributed by atoms with van der Waals surface area (Å²) in [6, 6.07) is 7.63. The molecule has 1 rings (SSSR count). The molecule has 0 aromatic heterocycles. The van der Waals surface area contributed by atoms with Crippen LogP contribution in [0.4, 0.5) is 4.79 Å². The summed E-state index contributed by atoms with van der Waals surface area (Å²) < 4.78 is 16.1. The van der Waals surface area contributed by atoms with E-state index in [1.165, 1.54) is 19.1 Å². The van der Waals surface area contributed by atoms with E-state index in [0.717, 1.165) is 5.56 Å². The zero-order valence-electron chi connectivity index (χ0n) is 19.8. The molecule has 0 heterocycles. The van der Waals surface area contributed by atoms with Gasteiger partial charge in [0.25, 0.3) is 0 Å². The molecule has 1 aromatic carbocycles. The molecule has 0 unspecified atom stereocenters. The molecule has 0 bridgehead atoms. The van der Waals surface area contributed by atoms with Gasteiger partial charge in [-0.2, -0.15) is 0 Å². The number of methoxy groups -OCH3 is 1. The standard InChI is InChI=1S/C23H36N2O6/c1-15(2)19(21(27)29-8)25(7)20(26)18(24-22(28)31-23(4,5)6)16(3)30-14-17-12-10-9-11-13-17/h9-13,15-16,18-19H,14H2,1-8H3,(H,24,28)/t16-,18+,19+/m1/s1. The topological polar surface area (TPSA) is 94.2 Å². The predicted molar refractivity (Wildman–Crippen MR) is 117 cm³/mol. The zero-order valence-corrected chi connectivity index (χ0v) is 19.8. The Hall–Kier alpha value is -2.61. The van der Waals surface area contributed by atoms with Gasteiger partial charge in [0.15, 0.2) is 0 Å². The molecule has 0 spiro atoms. The Bertz CT molecular complexity index is 729. The minimum absolute atomic E-state index is 0.191. The number of carbonyl (C=O) groups is 3. The zero-order chi connectivity index (χ0) is 23.8. The second kappa shape index (κ2) is 11.7. The normalized spacial score (nSPS) is 14.4. The molecule has 1 aromatic rings. The fourth-order valence-corrected chi connectivity index (χ4v) is 3.07. The summed E-state index contributed by atoms with van der Waals surface area (Å²) in [5.74, 6) is -1.20. The molecule has 174 valence electrons. The Kier molecular flexibility index (Phi) is 9.97. The predicted octanol–water partition coefficient (Wildman–Crippen LogP) is 3.14. The molecule has 0 saturated heterocycles. The molecule has 0 fully saturated rings. The van der Waals surface area contributed by atoms with Crippen LogP contribution in [0.2, 0.25) is 0 Å². The van der Waals surface area contributed by atoms with Gasteiger partial charge in [0.1, 0.15) is 17.7 Å². The Morgan fingerprint density at radius 3 is 2.13 bits per heavy atom. The number of likely N-dealkylation sites (N-methyl/N-ethyl adjacent to an activating group) is 1. The van der Waals surface area contributed by atoms with Crippen molar-refractivity contribution in [1.82, 2.24) is 10.2 Å². The molecule has 0 saturated carbocycles. The van der Waals surface area contributed by atoms with Crippen LogP contribution in [0.15, 0.2) is 30.3 Å². The lowest BCUT2D eigenvalue weighted by molar-refractivity contribution is -0.155. The summed E-state index contributed by atoms with van der Waals surface area (Å²) >= 11 is 0. The molecular formula is C23H36N2O6. The number of carbonyl (C=O) groups excluding carboxylic acids is 3. The highest BCUT2D eigenvalue weighted by molar-refractivity contribution is 5.90. The maximum Gasteiger partial charge on any atom is 0.408 e. The summed E-state index contributed by atoms with van der Waals surface area (Å²) in [5, 5.41) is 2.61. The Balaban J connectivity index is 3.07. The molecule has 8 nitrogen and oxygen atoms in total. The monoisotopic (exact) mass is 436 g/mol. The first-order chi connectivity index (χ1) is 14.4. The van der Waals surface area contributed by atoms with E-state index in [1.54, 1.807) is 27.7 Å². The number of amides is 2. The molecule has 31 heavy (non-hydrogen) atoms. The van der Waals surface area contributed by atoms with E-state index in [2.05, 4.69) is 5.32 Å². The highest BCUT2D eigenvalue weighted by Crippen LogP contribution is 2.16. The van der Waals surface area contributed by atoms with Gasteiger partial charge < -0.3 is 24.4 Å². The number of nitrogens with zero attached hydrogens (tertiary/aromatic N) is 1. The number of benzene rings is 1. The lowest BCUT2D eigenvalue weighted by Crippen LogP contribution is -2.58. The number of hydrogen-bond acceptors (Lipinski definition) is 6. The van der Waals surface area contributed by atoms with Crippen molar-refractivity contribution >= 4 is 18.0 Å². The van der Waals surface area contributed by atoms with Crippen molar-refractivity contribution in [2.45, 2.75) is 71.9 Å². The van der Waals surface area contributed by atoms with Crippen LogP contribution >= 0.6 is 0 Å². The second-order valence-corrected chi connectivity index (χ2v) is 8.79. The molecule has 2 amide bonds. The Morgan fingerprint density at radius 1 is 1.06 bits per heavy atom. The molecule has 0 aliphatic heterocycles. The van der Waals surface area contributed by atoms with Crippen molar-refractivity contribution in [2.24, 2.45) is 5.92 Å². The van der Waals surface area contributed by atoms with Gasteiger partial charge >= 0.3 is 12.1 Å². The first kappa shape index (κ1) is 26.4. The van der Waals surface area contributed by atoms with Crippen LogP contribution in [0.3, 0.4) is 0 Å². The van der Waals surface area contributed by atoms with Crippen molar-refractivity contribution in [3.05, 3.63) is 35.9 Å². The van der Waals surface area contributed by atoms with Crippen LogP contribution < -0.4 is 5.32 Å². The summed E-state index contributed by atoms with van der Waals surface area (Å²) in [7, 11) is 2.79. The van der Waals surface area contributed by atoms with E-state index in [-0.39, 0.29) is 12.5 Å². The number of hydrogen-bond donors (Lipinski definition) is 1. The summed E-state index contributed by atoms with van der Waals surface area (Å²) in [5.41, 5.74) is 0.199. The quantitative estimate of drug-likeness (QED) is 0.598. The average Bonchev–Trinajstić information content (AvgIpc) is 2.68. The maximum atomic E-state index is 13.3. The molecule has 0 aliphatic carbocycles. The van der Waals surface area contributed by atoms with Crippen molar-refractivity contribution in [2.75, 3.05) is 14.2 Å². The third kappa shape index (κ3) is 8.57. The summed E-state index contributed by atoms with van der Waals surface area (Å²) in [6.07, 6.45) is -1.43. The van der Waals surface area contributed by atoms with Gasteiger partial charge in [-0.3, -0.25) is 4.79 Å². The van der Waals surface area contributed by atoms with Crippen molar-refractivity contribution in [3.8, 4) is 0 Å². The first-order valence-electron chi connectivity index (χ1n) is 10.4. The van der Waals surface area contributed by atoms with Crippen LogP contribution in [0, 0.1) is 5.92 Å². The van der Waals surface area contributed by atoms with Gasteiger partial charge in [0.05, 0.1) is 19.8 Å². The third-order valence-corrected chi connectivity index (χ3v) is 4.60. The van der Waals surface area contributed by atoms with Gasteiger partial charge in [-0.15, -0.1) is 0 Å². The fourth-order valence-electron chi connectivity index (χ4n) is 3.07. The minimum atomic E-state index is -1.06. The number of rotatable bonds is 9. The Labute approximate surface area is 185 Å². The van der Waals surface area contributed by atoms with E-state index < -0.39 is 41.8 Å². The van der Waals surface area contributed by atoms with Crippen LogP contribution in [0.1, 0.15) is 47.1 Å². The van der Waals surface area contributed by atoms with Gasteiger partial charge in [-0.05, 0) is 39.2 Å². The Morgan fingerprint density at radius 2 is 1.65 bits per heavy atom. The van der Waals surface area contributed by atoms with Crippen molar-refractivity contribution in [1.29, 1.82) is 0 Å². The van der Waals surface area contributed by atoms with E-state index in [0.29, 0.717) is 0 Å². The lowest BCUT2D eigenvalue weighted by Gasteiger charge is -2.34. The number of esters is 1. The molecule has 1 N–H and O–H groups in total. The van der Waals surface area contributed by atoms with Gasteiger partial charge in [-0.25, -0.2) is 9.59 Å². The van der Waals surface area contributed by atoms with Crippen molar-refractivity contribution < 1.29 is 28.6 Å². The van der Waals surface area contributed by atoms with Gasteiger partial charge in [-0.1, -0.05) is 44.2 Å². The van der Waals surface area contributed by atoms with Crippen LogP contribution in [-0.2, 0) is 30.4 Å². The van der Waals surface area contributed by atoms with Gasteiger partial charge in [0, 0.05) is 7.05 Å². The van der Waals surface area contributed by atoms with Crippen LogP contribution in [-0.4, -0.2) is 60.8 Å². The number of ether oxygens (including phenoxy) is 3. The van der Waals surface area contributed by atoms with Crippen LogP contribution in [0.5, 0.6) is 0 Å². The molecule has 0 radical (unpaired) electrons. The SMILES string of the molecule is COC(=O)[C@H](C(C)C)N(C)C(=O)[C@@H](NC(=O)OC(C)(C)C)[C@@H](C)OCc1ccccc1.